The Bertz CT molecular complexity index is 1040. The predicted octanol–water partition coefficient (Wildman–Crippen LogP) is 4.84. The van der Waals surface area contributed by atoms with Crippen LogP contribution >= 0.6 is 0 Å². The number of hydrogen-bond acceptors (Lipinski definition) is 6. The summed E-state index contributed by atoms with van der Waals surface area (Å²) in [6, 6.07) is 19.8. The number of pyridine rings is 1. The molecule has 1 heterocycles. The molecule has 0 radical (unpaired) electrons. The molecule has 166 valence electrons. The smallest absolute Gasteiger partial charge is 0.329 e. The zero-order chi connectivity index (χ0) is 23.0. The van der Waals surface area contributed by atoms with Crippen LogP contribution < -0.4 is 10.1 Å². The number of benzene rings is 2. The van der Waals surface area contributed by atoms with Gasteiger partial charge in [-0.25, -0.2) is 9.78 Å². The first-order valence-corrected chi connectivity index (χ1v) is 10.5. The second-order valence-electron chi connectivity index (χ2n) is 8.38. The lowest BCUT2D eigenvalue weighted by Crippen LogP contribution is -2.38. The minimum absolute atomic E-state index is 0.262. The number of aromatic nitrogens is 1. The molecule has 1 atom stereocenters. The number of esters is 1. The largest absolute Gasteiger partial charge is 0.485 e. The maximum Gasteiger partial charge on any atom is 0.329 e. The van der Waals surface area contributed by atoms with Crippen molar-refractivity contribution in [1.29, 1.82) is 0 Å². The maximum atomic E-state index is 13.0. The minimum atomic E-state index is -0.760. The highest BCUT2D eigenvalue weighted by Crippen LogP contribution is 2.25. The monoisotopic (exact) mass is 432 g/mol. The van der Waals surface area contributed by atoms with Crippen LogP contribution in [-0.4, -0.2) is 28.9 Å². The quantitative estimate of drug-likeness (QED) is 0.385. The van der Waals surface area contributed by atoms with E-state index in [0.29, 0.717) is 23.7 Å². The Morgan fingerprint density at radius 3 is 2.47 bits per heavy atom. The van der Waals surface area contributed by atoms with E-state index < -0.39 is 17.6 Å². The zero-order valence-corrected chi connectivity index (χ0v) is 18.6. The number of carbonyl (C=O) groups is 2. The summed E-state index contributed by atoms with van der Waals surface area (Å²) in [5.41, 5.74) is 1.64. The van der Waals surface area contributed by atoms with Gasteiger partial charge in [0.05, 0.1) is 0 Å². The number of hydrogen-bond donors (Lipinski definition) is 1. The van der Waals surface area contributed by atoms with E-state index in [0.717, 1.165) is 17.4 Å². The molecule has 6 nitrogen and oxygen atoms in total. The second-order valence-corrected chi connectivity index (χ2v) is 8.38. The molecule has 0 aliphatic carbocycles. The first-order valence-electron chi connectivity index (χ1n) is 10.5. The average molecular weight is 433 g/mol. The Morgan fingerprint density at radius 2 is 1.75 bits per heavy atom. The first kappa shape index (κ1) is 23.0. The lowest BCUT2D eigenvalue weighted by molar-refractivity contribution is -0.155. The number of ether oxygens (including phenoxy) is 2. The molecule has 3 rings (SSSR count). The van der Waals surface area contributed by atoms with Gasteiger partial charge in [-0.05, 0) is 44.0 Å². The molecule has 0 saturated carbocycles. The van der Waals surface area contributed by atoms with Gasteiger partial charge in [-0.15, -0.1) is 0 Å². The Balaban J connectivity index is 1.84. The molecule has 2 aromatic carbocycles. The first-order chi connectivity index (χ1) is 15.4. The van der Waals surface area contributed by atoms with Gasteiger partial charge in [-0.3, -0.25) is 4.79 Å². The lowest BCUT2D eigenvalue weighted by Gasteiger charge is -2.25. The molecule has 6 heteroatoms. The zero-order valence-electron chi connectivity index (χ0n) is 18.6. The number of aldehydes is 1. The summed E-state index contributed by atoms with van der Waals surface area (Å²) in [5, 5.41) is 3.18. The predicted molar refractivity (Wildman–Crippen MR) is 124 cm³/mol. The molecule has 0 aliphatic heterocycles. The fourth-order valence-electron chi connectivity index (χ4n) is 3.14. The van der Waals surface area contributed by atoms with E-state index in [1.807, 2.05) is 63.2 Å². The maximum absolute atomic E-state index is 13.0. The van der Waals surface area contributed by atoms with Crippen LogP contribution in [0.3, 0.4) is 0 Å². The molecule has 1 N–H and O–H groups in total. The van der Waals surface area contributed by atoms with Gasteiger partial charge in [0.2, 0.25) is 0 Å². The van der Waals surface area contributed by atoms with E-state index in [1.165, 1.54) is 0 Å². The van der Waals surface area contributed by atoms with Gasteiger partial charge in [-0.2, -0.15) is 0 Å². The molecule has 0 unspecified atom stereocenters. The van der Waals surface area contributed by atoms with E-state index in [1.54, 1.807) is 30.5 Å². The number of carbonyl (C=O) groups excluding carboxylic acids is 2. The molecule has 0 spiro atoms. The number of rotatable bonds is 9. The van der Waals surface area contributed by atoms with Crippen molar-refractivity contribution >= 4 is 18.1 Å². The fourth-order valence-corrected chi connectivity index (χ4v) is 3.14. The molecular weight excluding hydrogens is 404 g/mol. The van der Waals surface area contributed by atoms with Crippen LogP contribution in [0.2, 0.25) is 0 Å². The fraction of sp³-hybridized carbons (Fsp3) is 0.269. The molecule has 3 aromatic rings. The van der Waals surface area contributed by atoms with Gasteiger partial charge >= 0.3 is 5.97 Å². The Morgan fingerprint density at radius 1 is 1.03 bits per heavy atom. The Kier molecular flexibility index (Phi) is 7.60. The molecular formula is C26H28N2O4. The van der Waals surface area contributed by atoms with Crippen molar-refractivity contribution in [3.05, 3.63) is 89.6 Å². The third-order valence-electron chi connectivity index (χ3n) is 4.62. The van der Waals surface area contributed by atoms with Crippen LogP contribution in [0.4, 0.5) is 5.82 Å². The molecule has 0 bridgehead atoms. The molecule has 0 fully saturated rings. The summed E-state index contributed by atoms with van der Waals surface area (Å²) in [7, 11) is 0. The molecule has 0 saturated heterocycles. The van der Waals surface area contributed by atoms with E-state index in [-0.39, 0.29) is 6.42 Å². The van der Waals surface area contributed by atoms with Gasteiger partial charge < -0.3 is 14.8 Å². The van der Waals surface area contributed by atoms with Crippen molar-refractivity contribution < 1.29 is 19.1 Å². The van der Waals surface area contributed by atoms with Gasteiger partial charge in [0.25, 0.3) is 0 Å². The van der Waals surface area contributed by atoms with E-state index in [2.05, 4.69) is 10.3 Å². The number of anilines is 1. The van der Waals surface area contributed by atoms with E-state index >= 15 is 0 Å². The van der Waals surface area contributed by atoms with E-state index in [4.69, 9.17) is 9.47 Å². The highest BCUT2D eigenvalue weighted by atomic mass is 16.6. The summed E-state index contributed by atoms with van der Waals surface area (Å²) >= 11 is 0. The van der Waals surface area contributed by atoms with Crippen LogP contribution in [0.25, 0.3) is 0 Å². The van der Waals surface area contributed by atoms with Gasteiger partial charge in [0.1, 0.15) is 24.5 Å². The summed E-state index contributed by atoms with van der Waals surface area (Å²) in [5.74, 6) is 0.523. The van der Waals surface area contributed by atoms with Crippen molar-refractivity contribution in [1.82, 2.24) is 4.98 Å². The van der Waals surface area contributed by atoms with Crippen LogP contribution in [0, 0.1) is 0 Å². The van der Waals surface area contributed by atoms with Crippen LogP contribution in [-0.2, 0) is 22.6 Å². The number of nitrogens with zero attached hydrogens (tertiary/aromatic N) is 1. The summed E-state index contributed by atoms with van der Waals surface area (Å²) < 4.78 is 11.6. The summed E-state index contributed by atoms with van der Waals surface area (Å²) in [6.45, 7) is 5.82. The van der Waals surface area contributed by atoms with Crippen molar-refractivity contribution in [2.75, 3.05) is 5.32 Å². The Hall–Kier alpha value is -3.67. The third kappa shape index (κ3) is 6.67. The van der Waals surface area contributed by atoms with Gasteiger partial charge in [-0.1, -0.05) is 54.6 Å². The Labute approximate surface area is 188 Å². The normalized spacial score (nSPS) is 12.0. The highest BCUT2D eigenvalue weighted by molar-refractivity contribution is 5.82. The van der Waals surface area contributed by atoms with Crippen molar-refractivity contribution in [2.45, 2.75) is 45.4 Å². The van der Waals surface area contributed by atoms with Crippen LogP contribution in [0.15, 0.2) is 72.9 Å². The third-order valence-corrected chi connectivity index (χ3v) is 4.62. The van der Waals surface area contributed by atoms with Crippen molar-refractivity contribution in [3.8, 4) is 5.75 Å². The molecule has 1 aromatic heterocycles. The van der Waals surface area contributed by atoms with Crippen molar-refractivity contribution in [3.63, 3.8) is 0 Å². The van der Waals surface area contributed by atoms with Crippen LogP contribution in [0.1, 0.15) is 42.3 Å². The topological polar surface area (TPSA) is 77.5 Å². The highest BCUT2D eigenvalue weighted by Gasteiger charge is 2.27. The summed E-state index contributed by atoms with van der Waals surface area (Å²) in [4.78, 5) is 28.9. The van der Waals surface area contributed by atoms with Gasteiger partial charge in [0, 0.05) is 18.2 Å². The standard InChI is InChI=1S/C26H28N2O4/c1-26(2,3)32-25(30)22(16-20-12-7-8-13-21(20)17-29)28-24-23(14-9-15-27-24)31-18-19-10-5-4-6-11-19/h4-15,17,22H,16,18H2,1-3H3,(H,27,28)/t22-/m0/s1. The summed E-state index contributed by atoms with van der Waals surface area (Å²) in [6.07, 6.45) is 2.68. The van der Waals surface area contributed by atoms with Crippen LogP contribution in [0.5, 0.6) is 5.75 Å². The molecule has 32 heavy (non-hydrogen) atoms. The number of nitrogens with one attached hydrogen (secondary N) is 1. The SMILES string of the molecule is CC(C)(C)OC(=O)[C@H](Cc1ccccc1C=O)Nc1ncccc1OCc1ccccc1. The van der Waals surface area contributed by atoms with E-state index in [9.17, 15) is 9.59 Å². The minimum Gasteiger partial charge on any atom is -0.485 e. The molecule has 0 amide bonds. The van der Waals surface area contributed by atoms with Crippen molar-refractivity contribution in [2.24, 2.45) is 0 Å². The molecule has 0 aliphatic rings. The lowest BCUT2D eigenvalue weighted by atomic mass is 10.0. The average Bonchev–Trinajstić information content (AvgIpc) is 2.78. The second kappa shape index (κ2) is 10.6. The van der Waals surface area contributed by atoms with Gasteiger partial charge in [0.15, 0.2) is 11.6 Å².